The monoisotopic (exact) mass is 382 g/mol. The lowest BCUT2D eigenvalue weighted by molar-refractivity contribution is 0.0531. The van der Waals surface area contributed by atoms with Gasteiger partial charge >= 0.3 is 0 Å². The van der Waals surface area contributed by atoms with Crippen LogP contribution in [-0.2, 0) is 13.0 Å². The van der Waals surface area contributed by atoms with E-state index in [4.69, 9.17) is 4.74 Å². The van der Waals surface area contributed by atoms with Gasteiger partial charge in [0.05, 0.1) is 6.61 Å². The number of aromatic nitrogens is 2. The van der Waals surface area contributed by atoms with E-state index in [1.54, 1.807) is 21.9 Å². The maximum atomic E-state index is 12.8. The summed E-state index contributed by atoms with van der Waals surface area (Å²) in [5.74, 6) is 0.722. The zero-order valence-electron chi connectivity index (χ0n) is 16.3. The second-order valence-corrected chi connectivity index (χ2v) is 7.24. The molecule has 1 fully saturated rings. The Kier molecular flexibility index (Phi) is 5.32. The van der Waals surface area contributed by atoms with Gasteiger partial charge in [0.1, 0.15) is 5.75 Å². The highest BCUT2D eigenvalue weighted by atomic mass is 16.5. The Morgan fingerprint density at radius 1 is 0.964 bits per heavy atom. The number of carbonyl (C=O) groups is 2. The fourth-order valence-corrected chi connectivity index (χ4v) is 3.84. The Balaban J connectivity index is 1.35. The van der Waals surface area contributed by atoms with Crippen molar-refractivity contribution in [2.45, 2.75) is 32.7 Å². The van der Waals surface area contributed by atoms with Crippen LogP contribution in [0.5, 0.6) is 5.75 Å². The maximum absolute atomic E-state index is 12.8. The molecule has 0 atom stereocenters. The molecule has 7 nitrogen and oxygen atoms in total. The van der Waals surface area contributed by atoms with Crippen LogP contribution in [0, 0.1) is 0 Å². The second-order valence-electron chi connectivity index (χ2n) is 7.24. The molecule has 0 bridgehead atoms. The topological polar surface area (TPSA) is 67.7 Å². The van der Waals surface area contributed by atoms with Gasteiger partial charge in [-0.25, -0.2) is 0 Å². The van der Waals surface area contributed by atoms with E-state index in [9.17, 15) is 9.59 Å². The maximum Gasteiger partial charge on any atom is 0.274 e. The average molecular weight is 382 g/mol. The number of benzene rings is 1. The molecule has 1 saturated heterocycles. The summed E-state index contributed by atoms with van der Waals surface area (Å²) in [5, 5.41) is 4.48. The standard InChI is InChI=1S/C21H26N4O3/c1-2-28-18-8-6-16(7-9-18)20(26)23-11-13-24(14-12-23)21(27)19-15-17-5-3-4-10-25(17)22-19/h6-9,15H,2-5,10-14H2,1H3. The van der Waals surface area contributed by atoms with E-state index < -0.39 is 0 Å². The Morgan fingerprint density at radius 2 is 1.64 bits per heavy atom. The van der Waals surface area contributed by atoms with Crippen LogP contribution in [-0.4, -0.2) is 64.2 Å². The van der Waals surface area contributed by atoms with Crippen LogP contribution >= 0.6 is 0 Å². The van der Waals surface area contributed by atoms with Gasteiger partial charge in [-0.1, -0.05) is 0 Å². The van der Waals surface area contributed by atoms with Crippen LogP contribution in [0.15, 0.2) is 30.3 Å². The molecule has 0 radical (unpaired) electrons. The first-order valence-electron chi connectivity index (χ1n) is 10.0. The van der Waals surface area contributed by atoms with Crippen molar-refractivity contribution < 1.29 is 14.3 Å². The van der Waals surface area contributed by atoms with E-state index in [0.717, 1.165) is 37.3 Å². The Morgan fingerprint density at radius 3 is 2.29 bits per heavy atom. The molecule has 148 valence electrons. The summed E-state index contributed by atoms with van der Waals surface area (Å²) in [6.07, 6.45) is 3.27. The van der Waals surface area contributed by atoms with Crippen molar-refractivity contribution in [2.24, 2.45) is 0 Å². The van der Waals surface area contributed by atoms with E-state index in [2.05, 4.69) is 5.10 Å². The van der Waals surface area contributed by atoms with Crippen LogP contribution in [0.4, 0.5) is 0 Å². The third-order valence-corrected chi connectivity index (χ3v) is 5.40. The quantitative estimate of drug-likeness (QED) is 0.813. The first kappa shape index (κ1) is 18.5. The lowest BCUT2D eigenvalue weighted by atomic mass is 10.1. The summed E-state index contributed by atoms with van der Waals surface area (Å²) in [6.45, 7) is 5.55. The molecule has 0 aliphatic carbocycles. The van der Waals surface area contributed by atoms with Gasteiger partial charge in [0, 0.05) is 44.0 Å². The van der Waals surface area contributed by atoms with Gasteiger partial charge in [0.15, 0.2) is 5.69 Å². The van der Waals surface area contributed by atoms with Gasteiger partial charge in [0.2, 0.25) is 0 Å². The molecule has 28 heavy (non-hydrogen) atoms. The summed E-state index contributed by atoms with van der Waals surface area (Å²) < 4.78 is 7.38. The third-order valence-electron chi connectivity index (χ3n) is 5.40. The number of carbonyl (C=O) groups excluding carboxylic acids is 2. The molecule has 2 aliphatic rings. The number of rotatable bonds is 4. The summed E-state index contributed by atoms with van der Waals surface area (Å²) in [4.78, 5) is 29.1. The number of nitrogens with zero attached hydrogens (tertiary/aromatic N) is 4. The molecular formula is C21H26N4O3. The predicted molar refractivity (Wildman–Crippen MR) is 105 cm³/mol. The fourth-order valence-electron chi connectivity index (χ4n) is 3.84. The summed E-state index contributed by atoms with van der Waals surface area (Å²) in [7, 11) is 0. The van der Waals surface area contributed by atoms with Crippen LogP contribution in [0.2, 0.25) is 0 Å². The number of ether oxygens (including phenoxy) is 1. The molecule has 0 unspecified atom stereocenters. The molecule has 4 rings (SSSR count). The molecule has 2 aromatic rings. The average Bonchev–Trinajstić information content (AvgIpc) is 3.18. The highest BCUT2D eigenvalue weighted by molar-refractivity contribution is 5.95. The lowest BCUT2D eigenvalue weighted by Crippen LogP contribution is -2.50. The van der Waals surface area contributed by atoms with Crippen molar-refractivity contribution in [3.05, 3.63) is 47.3 Å². The van der Waals surface area contributed by atoms with E-state index >= 15 is 0 Å². The Bertz CT molecular complexity index is 828. The van der Waals surface area contributed by atoms with Crippen molar-refractivity contribution >= 4 is 11.8 Å². The smallest absolute Gasteiger partial charge is 0.274 e. The second kappa shape index (κ2) is 8.04. The van der Waals surface area contributed by atoms with Crippen molar-refractivity contribution in [2.75, 3.05) is 32.8 Å². The van der Waals surface area contributed by atoms with Gasteiger partial charge in [-0.15, -0.1) is 0 Å². The van der Waals surface area contributed by atoms with Crippen molar-refractivity contribution in [1.82, 2.24) is 19.6 Å². The number of hydrogen-bond donors (Lipinski definition) is 0. The SMILES string of the molecule is CCOc1ccc(C(=O)N2CCN(C(=O)c3cc4n(n3)CCCC4)CC2)cc1. The molecule has 3 heterocycles. The highest BCUT2D eigenvalue weighted by Gasteiger charge is 2.27. The van der Waals surface area contributed by atoms with E-state index in [1.165, 1.54) is 0 Å². The number of piperazine rings is 1. The van der Waals surface area contributed by atoms with Gasteiger partial charge in [-0.3, -0.25) is 14.3 Å². The van der Waals surface area contributed by atoms with Crippen LogP contribution in [0.25, 0.3) is 0 Å². The highest BCUT2D eigenvalue weighted by Crippen LogP contribution is 2.18. The predicted octanol–water partition coefficient (Wildman–Crippen LogP) is 2.22. The summed E-state index contributed by atoms with van der Waals surface area (Å²) in [5.41, 5.74) is 2.33. The molecule has 0 saturated carbocycles. The molecule has 2 aliphatic heterocycles. The summed E-state index contributed by atoms with van der Waals surface area (Å²) in [6, 6.07) is 9.15. The van der Waals surface area contributed by atoms with Gasteiger partial charge in [-0.05, 0) is 56.5 Å². The molecular weight excluding hydrogens is 356 g/mol. The molecule has 0 N–H and O–H groups in total. The molecule has 2 amide bonds. The fraction of sp³-hybridized carbons (Fsp3) is 0.476. The van der Waals surface area contributed by atoms with Crippen molar-refractivity contribution in [3.63, 3.8) is 0 Å². The normalized spacial score (nSPS) is 16.6. The summed E-state index contributed by atoms with van der Waals surface area (Å²) >= 11 is 0. The molecule has 0 spiro atoms. The number of hydrogen-bond acceptors (Lipinski definition) is 4. The largest absolute Gasteiger partial charge is 0.494 e. The van der Waals surface area contributed by atoms with Crippen molar-refractivity contribution in [1.29, 1.82) is 0 Å². The third kappa shape index (κ3) is 3.74. The van der Waals surface area contributed by atoms with E-state index in [1.807, 2.05) is 29.8 Å². The van der Waals surface area contributed by atoms with Crippen LogP contribution in [0.1, 0.15) is 46.3 Å². The number of fused-ring (bicyclic) bond motifs is 1. The first-order chi connectivity index (χ1) is 13.7. The number of aryl methyl sites for hydroxylation is 2. The van der Waals surface area contributed by atoms with Crippen molar-refractivity contribution in [3.8, 4) is 5.75 Å². The minimum Gasteiger partial charge on any atom is -0.494 e. The minimum absolute atomic E-state index is 0.00685. The minimum atomic E-state index is -0.0323. The zero-order valence-corrected chi connectivity index (χ0v) is 16.3. The molecule has 1 aromatic carbocycles. The van der Waals surface area contributed by atoms with Gasteiger partial charge in [0.25, 0.3) is 11.8 Å². The Labute approximate surface area is 164 Å². The Hall–Kier alpha value is -2.83. The van der Waals surface area contributed by atoms with Gasteiger partial charge in [-0.2, -0.15) is 5.10 Å². The first-order valence-corrected chi connectivity index (χ1v) is 10.0. The number of amides is 2. The molecule has 1 aromatic heterocycles. The van der Waals surface area contributed by atoms with Crippen LogP contribution in [0.3, 0.4) is 0 Å². The lowest BCUT2D eigenvalue weighted by Gasteiger charge is -2.34. The van der Waals surface area contributed by atoms with Gasteiger partial charge < -0.3 is 14.5 Å². The zero-order chi connectivity index (χ0) is 19.5. The van der Waals surface area contributed by atoms with E-state index in [-0.39, 0.29) is 11.8 Å². The van der Waals surface area contributed by atoms with E-state index in [0.29, 0.717) is 44.0 Å². The van der Waals surface area contributed by atoms with Crippen LogP contribution < -0.4 is 4.74 Å². The molecule has 7 heteroatoms.